The number of carbonyl (C=O) groups is 1. The third-order valence-corrected chi connectivity index (χ3v) is 2.03. The predicted octanol–water partition coefficient (Wildman–Crippen LogP) is 2.04. The van der Waals surface area contributed by atoms with Crippen molar-refractivity contribution >= 4 is 23.9 Å². The van der Waals surface area contributed by atoms with Gasteiger partial charge in [0.2, 0.25) is 0 Å². The van der Waals surface area contributed by atoms with E-state index in [-0.39, 0.29) is 6.61 Å². The monoisotopic (exact) mass is 266 g/mol. The first-order chi connectivity index (χ1) is 8.67. The zero-order valence-electron chi connectivity index (χ0n) is 9.64. The van der Waals surface area contributed by atoms with Crippen LogP contribution in [-0.4, -0.2) is 26.0 Å². The SMILES string of the molecule is C#CCON=Cc1cc(Cl)ccc1OC(=O)NC. The summed E-state index contributed by atoms with van der Waals surface area (Å²) in [5.74, 6) is 2.58. The van der Waals surface area contributed by atoms with Gasteiger partial charge in [0.1, 0.15) is 5.75 Å². The molecule has 5 nitrogen and oxygen atoms in total. The van der Waals surface area contributed by atoms with Crippen molar-refractivity contribution in [3.8, 4) is 18.1 Å². The van der Waals surface area contributed by atoms with Crippen LogP contribution >= 0.6 is 11.6 Å². The predicted molar refractivity (Wildman–Crippen MR) is 68.9 cm³/mol. The number of carbonyl (C=O) groups excluding carboxylic acids is 1. The van der Waals surface area contributed by atoms with E-state index in [1.807, 2.05) is 0 Å². The third kappa shape index (κ3) is 4.36. The summed E-state index contributed by atoms with van der Waals surface area (Å²) in [6.07, 6.45) is 5.77. The van der Waals surface area contributed by atoms with Crippen LogP contribution in [0.3, 0.4) is 0 Å². The van der Waals surface area contributed by atoms with Crippen LogP contribution in [0.15, 0.2) is 23.4 Å². The number of terminal acetylenes is 1. The number of nitrogens with one attached hydrogen (secondary N) is 1. The molecule has 1 aromatic rings. The number of hydrogen-bond acceptors (Lipinski definition) is 4. The highest BCUT2D eigenvalue weighted by molar-refractivity contribution is 6.30. The lowest BCUT2D eigenvalue weighted by Gasteiger charge is -2.06. The van der Waals surface area contributed by atoms with Gasteiger partial charge in [-0.2, -0.15) is 0 Å². The van der Waals surface area contributed by atoms with E-state index in [0.717, 1.165) is 0 Å². The molecule has 0 aromatic heterocycles. The van der Waals surface area contributed by atoms with Gasteiger partial charge >= 0.3 is 6.09 Å². The summed E-state index contributed by atoms with van der Waals surface area (Å²) in [5.41, 5.74) is 0.503. The van der Waals surface area contributed by atoms with Crippen LogP contribution in [0, 0.1) is 12.3 Å². The molecule has 6 heteroatoms. The summed E-state index contributed by atoms with van der Waals surface area (Å²) in [5, 5.41) is 6.45. The molecule has 0 atom stereocenters. The Bertz CT molecular complexity index is 495. The summed E-state index contributed by atoms with van der Waals surface area (Å²) in [7, 11) is 1.46. The molecule has 0 aliphatic rings. The maximum absolute atomic E-state index is 11.1. The molecule has 1 aromatic carbocycles. The lowest BCUT2D eigenvalue weighted by molar-refractivity contribution is 0.181. The maximum Gasteiger partial charge on any atom is 0.412 e. The van der Waals surface area contributed by atoms with E-state index < -0.39 is 6.09 Å². The van der Waals surface area contributed by atoms with E-state index in [4.69, 9.17) is 27.6 Å². The minimum absolute atomic E-state index is 0.0582. The minimum Gasteiger partial charge on any atom is -0.410 e. The topological polar surface area (TPSA) is 59.9 Å². The number of amides is 1. The second-order valence-corrected chi connectivity index (χ2v) is 3.47. The van der Waals surface area contributed by atoms with Crippen molar-refractivity contribution in [1.29, 1.82) is 0 Å². The number of rotatable bonds is 4. The van der Waals surface area contributed by atoms with Gasteiger partial charge in [0.05, 0.1) is 6.21 Å². The van der Waals surface area contributed by atoms with Gasteiger partial charge in [0.15, 0.2) is 6.61 Å². The summed E-state index contributed by atoms with van der Waals surface area (Å²) in [4.78, 5) is 15.9. The molecule has 94 valence electrons. The average Bonchev–Trinajstić information content (AvgIpc) is 2.37. The fraction of sp³-hybridized carbons (Fsp3) is 0.167. The molecular formula is C12H11ClN2O3. The van der Waals surface area contributed by atoms with Crippen LogP contribution in [-0.2, 0) is 4.84 Å². The Morgan fingerprint density at radius 1 is 1.67 bits per heavy atom. The Hall–Kier alpha value is -2.19. The number of ether oxygens (including phenoxy) is 1. The average molecular weight is 267 g/mol. The summed E-state index contributed by atoms with van der Waals surface area (Å²) in [6, 6.07) is 4.74. The molecule has 0 aliphatic heterocycles. The van der Waals surface area contributed by atoms with Gasteiger partial charge in [-0.3, -0.25) is 0 Å². The Labute approximate surface area is 110 Å². The van der Waals surface area contributed by atoms with Crippen LogP contribution < -0.4 is 10.1 Å². The number of benzene rings is 1. The first-order valence-electron chi connectivity index (χ1n) is 4.95. The Balaban J connectivity index is 2.86. The smallest absolute Gasteiger partial charge is 0.410 e. The van der Waals surface area contributed by atoms with E-state index in [2.05, 4.69) is 16.4 Å². The highest BCUT2D eigenvalue weighted by Crippen LogP contribution is 2.21. The van der Waals surface area contributed by atoms with Crippen molar-refractivity contribution in [3.63, 3.8) is 0 Å². The lowest BCUT2D eigenvalue weighted by atomic mass is 10.2. The standard InChI is InChI=1S/C12H11ClN2O3/c1-3-6-17-15-8-9-7-10(13)4-5-11(9)18-12(16)14-2/h1,4-5,7-8H,6H2,2H3,(H,14,16). The van der Waals surface area contributed by atoms with Crippen LogP contribution in [0.2, 0.25) is 5.02 Å². The van der Waals surface area contributed by atoms with Crippen LogP contribution in [0.4, 0.5) is 4.79 Å². The van der Waals surface area contributed by atoms with Gasteiger partial charge in [-0.05, 0) is 18.2 Å². The quantitative estimate of drug-likeness (QED) is 0.393. The van der Waals surface area contributed by atoms with Gasteiger partial charge in [0.25, 0.3) is 0 Å². The van der Waals surface area contributed by atoms with Crippen molar-refractivity contribution in [3.05, 3.63) is 28.8 Å². The highest BCUT2D eigenvalue weighted by Gasteiger charge is 2.07. The minimum atomic E-state index is -0.587. The molecule has 0 saturated carbocycles. The second kappa shape index (κ2) is 7.20. The molecule has 0 bridgehead atoms. The molecule has 0 saturated heterocycles. The third-order valence-electron chi connectivity index (χ3n) is 1.79. The van der Waals surface area contributed by atoms with Gasteiger partial charge in [0, 0.05) is 17.6 Å². The van der Waals surface area contributed by atoms with Crippen molar-refractivity contribution in [1.82, 2.24) is 5.32 Å². The number of halogens is 1. The summed E-state index contributed by atoms with van der Waals surface area (Å²) in [6.45, 7) is 0.0582. The summed E-state index contributed by atoms with van der Waals surface area (Å²) >= 11 is 5.84. The van der Waals surface area contributed by atoms with E-state index in [1.165, 1.54) is 13.3 Å². The first kappa shape index (κ1) is 13.9. The molecular weight excluding hydrogens is 256 g/mol. The van der Waals surface area contributed by atoms with E-state index in [9.17, 15) is 4.79 Å². The normalized spacial score (nSPS) is 9.83. The van der Waals surface area contributed by atoms with Gasteiger partial charge in [-0.25, -0.2) is 4.79 Å². The molecule has 1 amide bonds. The number of oxime groups is 1. The lowest BCUT2D eigenvalue weighted by Crippen LogP contribution is -2.22. The molecule has 0 aliphatic carbocycles. The fourth-order valence-corrected chi connectivity index (χ4v) is 1.21. The molecule has 0 fully saturated rings. The van der Waals surface area contributed by atoms with Crippen molar-refractivity contribution < 1.29 is 14.4 Å². The maximum atomic E-state index is 11.1. The Morgan fingerprint density at radius 2 is 2.44 bits per heavy atom. The number of hydrogen-bond donors (Lipinski definition) is 1. The Morgan fingerprint density at radius 3 is 3.11 bits per heavy atom. The number of nitrogens with zero attached hydrogens (tertiary/aromatic N) is 1. The van der Waals surface area contributed by atoms with Crippen LogP contribution in [0.25, 0.3) is 0 Å². The second-order valence-electron chi connectivity index (χ2n) is 3.03. The molecule has 1 rings (SSSR count). The van der Waals surface area contributed by atoms with Gasteiger partial charge in [-0.1, -0.05) is 22.7 Å². The molecule has 0 unspecified atom stereocenters. The fourth-order valence-electron chi connectivity index (χ4n) is 1.03. The van der Waals surface area contributed by atoms with E-state index >= 15 is 0 Å². The molecule has 0 radical (unpaired) electrons. The van der Waals surface area contributed by atoms with Crippen LogP contribution in [0.1, 0.15) is 5.56 Å². The van der Waals surface area contributed by atoms with E-state index in [0.29, 0.717) is 16.3 Å². The molecule has 0 spiro atoms. The zero-order valence-corrected chi connectivity index (χ0v) is 10.4. The van der Waals surface area contributed by atoms with Crippen LogP contribution in [0.5, 0.6) is 5.75 Å². The molecule has 0 heterocycles. The van der Waals surface area contributed by atoms with Crippen molar-refractivity contribution in [2.45, 2.75) is 0 Å². The van der Waals surface area contributed by atoms with E-state index in [1.54, 1.807) is 18.2 Å². The van der Waals surface area contributed by atoms with Gasteiger partial charge < -0.3 is 14.9 Å². The molecule has 1 N–H and O–H groups in total. The summed E-state index contributed by atoms with van der Waals surface area (Å²) < 4.78 is 5.01. The largest absolute Gasteiger partial charge is 0.412 e. The van der Waals surface area contributed by atoms with Gasteiger partial charge in [-0.15, -0.1) is 6.42 Å². The Kier molecular flexibility index (Phi) is 5.55. The van der Waals surface area contributed by atoms with Crippen molar-refractivity contribution in [2.75, 3.05) is 13.7 Å². The zero-order chi connectivity index (χ0) is 13.4. The highest BCUT2D eigenvalue weighted by atomic mass is 35.5. The van der Waals surface area contributed by atoms with Crippen molar-refractivity contribution in [2.24, 2.45) is 5.16 Å². The molecule has 18 heavy (non-hydrogen) atoms. The first-order valence-corrected chi connectivity index (χ1v) is 5.33.